The molecular formula is C23H21N3O4. The molecule has 7 nitrogen and oxygen atoms in total. The van der Waals surface area contributed by atoms with Crippen molar-refractivity contribution >= 4 is 28.8 Å². The maximum absolute atomic E-state index is 12.9. The normalized spacial score (nSPS) is 13.0. The van der Waals surface area contributed by atoms with E-state index < -0.39 is 24.5 Å². The highest BCUT2D eigenvalue weighted by molar-refractivity contribution is 6.07. The number of fused-ring (bicyclic) bond motifs is 1. The Morgan fingerprint density at radius 3 is 2.47 bits per heavy atom. The molecule has 2 aromatic carbocycles. The Labute approximate surface area is 173 Å². The fraction of sp³-hybridized carbons (Fsp3) is 0.217. The number of aromatic nitrogens is 1. The number of nitrogens with one attached hydrogen (secondary N) is 2. The van der Waals surface area contributed by atoms with Gasteiger partial charge < -0.3 is 10.1 Å². The number of ether oxygens (including phenoxy) is 1. The molecule has 152 valence electrons. The molecule has 1 heterocycles. The van der Waals surface area contributed by atoms with Crippen molar-refractivity contribution in [2.75, 3.05) is 6.61 Å². The van der Waals surface area contributed by atoms with Crippen molar-refractivity contribution in [3.05, 3.63) is 65.7 Å². The van der Waals surface area contributed by atoms with Gasteiger partial charge in [0.25, 0.3) is 5.91 Å². The van der Waals surface area contributed by atoms with E-state index in [-0.39, 0.29) is 6.04 Å². The van der Waals surface area contributed by atoms with Crippen LogP contribution in [0.5, 0.6) is 0 Å². The number of hydrogen-bond acceptors (Lipinski definition) is 5. The van der Waals surface area contributed by atoms with Gasteiger partial charge in [-0.1, -0.05) is 48.5 Å². The number of para-hydroxylation sites is 1. The molecule has 4 rings (SSSR count). The number of imide groups is 1. The van der Waals surface area contributed by atoms with Crippen LogP contribution in [0.1, 0.15) is 28.8 Å². The monoisotopic (exact) mass is 403 g/mol. The molecule has 0 radical (unpaired) electrons. The molecule has 7 heteroatoms. The number of urea groups is 1. The number of hydrogen-bond donors (Lipinski definition) is 2. The lowest BCUT2D eigenvalue weighted by molar-refractivity contribution is -0.123. The van der Waals surface area contributed by atoms with Gasteiger partial charge in [-0.2, -0.15) is 0 Å². The third-order valence-electron chi connectivity index (χ3n) is 4.89. The number of pyridine rings is 1. The maximum atomic E-state index is 12.9. The topological polar surface area (TPSA) is 97.4 Å². The van der Waals surface area contributed by atoms with E-state index >= 15 is 0 Å². The minimum Gasteiger partial charge on any atom is -0.452 e. The second kappa shape index (κ2) is 8.32. The van der Waals surface area contributed by atoms with Gasteiger partial charge in [0.1, 0.15) is 0 Å². The highest BCUT2D eigenvalue weighted by atomic mass is 16.5. The predicted molar refractivity (Wildman–Crippen MR) is 112 cm³/mol. The Hall–Kier alpha value is -3.74. The van der Waals surface area contributed by atoms with Crippen LogP contribution >= 0.6 is 0 Å². The van der Waals surface area contributed by atoms with E-state index in [2.05, 4.69) is 10.6 Å². The summed E-state index contributed by atoms with van der Waals surface area (Å²) < 4.78 is 5.23. The summed E-state index contributed by atoms with van der Waals surface area (Å²) in [6.07, 6.45) is 1.82. The summed E-state index contributed by atoms with van der Waals surface area (Å²) in [6, 6.07) is 16.4. The molecule has 30 heavy (non-hydrogen) atoms. The number of carbonyl (C=O) groups excluding carboxylic acids is 3. The van der Waals surface area contributed by atoms with Crippen molar-refractivity contribution in [1.82, 2.24) is 15.6 Å². The van der Waals surface area contributed by atoms with Gasteiger partial charge in [-0.3, -0.25) is 10.1 Å². The van der Waals surface area contributed by atoms with E-state index in [1.807, 2.05) is 55.5 Å². The van der Waals surface area contributed by atoms with Crippen LogP contribution in [0.25, 0.3) is 22.2 Å². The van der Waals surface area contributed by atoms with Gasteiger partial charge >= 0.3 is 12.0 Å². The Morgan fingerprint density at radius 2 is 1.73 bits per heavy atom. The Bertz CT molecular complexity index is 1120. The molecule has 1 aliphatic carbocycles. The summed E-state index contributed by atoms with van der Waals surface area (Å²) in [5.74, 6) is -1.32. The van der Waals surface area contributed by atoms with E-state index in [1.165, 1.54) is 0 Å². The van der Waals surface area contributed by atoms with Crippen LogP contribution in [0.15, 0.2) is 54.6 Å². The van der Waals surface area contributed by atoms with Crippen molar-refractivity contribution in [1.29, 1.82) is 0 Å². The molecular weight excluding hydrogens is 382 g/mol. The standard InChI is InChI=1S/C23H21N3O4/c1-14-20(22(28)30-13-19(27)26-23(29)24-16-11-12-16)17-9-5-6-10-18(17)25-21(14)15-7-3-2-4-8-15/h2-10,16H,11-13H2,1H3,(H2,24,26,27,29). The van der Waals surface area contributed by atoms with Crippen LogP contribution < -0.4 is 10.6 Å². The molecule has 1 aliphatic rings. The number of amides is 3. The maximum Gasteiger partial charge on any atom is 0.339 e. The zero-order chi connectivity index (χ0) is 21.1. The molecule has 0 aliphatic heterocycles. The van der Waals surface area contributed by atoms with E-state index in [0.717, 1.165) is 18.4 Å². The molecule has 0 atom stereocenters. The molecule has 0 bridgehead atoms. The van der Waals surface area contributed by atoms with E-state index in [1.54, 1.807) is 6.07 Å². The zero-order valence-electron chi connectivity index (χ0n) is 16.5. The van der Waals surface area contributed by atoms with Crippen molar-refractivity contribution in [2.24, 2.45) is 0 Å². The number of carbonyl (C=O) groups is 3. The molecule has 2 N–H and O–H groups in total. The lowest BCUT2D eigenvalue weighted by atomic mass is 9.98. The highest BCUT2D eigenvalue weighted by Crippen LogP contribution is 2.30. The minimum atomic E-state index is -0.680. The Morgan fingerprint density at radius 1 is 1.03 bits per heavy atom. The van der Waals surface area contributed by atoms with Crippen LogP contribution in [0.3, 0.4) is 0 Å². The third kappa shape index (κ3) is 4.30. The number of rotatable bonds is 5. The first kappa shape index (κ1) is 19.6. The smallest absolute Gasteiger partial charge is 0.339 e. The largest absolute Gasteiger partial charge is 0.452 e. The Kier molecular flexibility index (Phi) is 5.43. The van der Waals surface area contributed by atoms with Crippen molar-refractivity contribution in [3.63, 3.8) is 0 Å². The molecule has 3 amide bonds. The Balaban J connectivity index is 1.57. The SMILES string of the molecule is Cc1c(-c2ccccc2)nc2ccccc2c1C(=O)OCC(=O)NC(=O)NC1CC1. The van der Waals surface area contributed by atoms with Crippen LogP contribution in [0.2, 0.25) is 0 Å². The summed E-state index contributed by atoms with van der Waals surface area (Å²) in [7, 11) is 0. The van der Waals surface area contributed by atoms with Crippen LogP contribution in [0.4, 0.5) is 4.79 Å². The fourth-order valence-corrected chi connectivity index (χ4v) is 3.26. The first-order chi connectivity index (χ1) is 14.5. The fourth-order valence-electron chi connectivity index (χ4n) is 3.26. The van der Waals surface area contributed by atoms with Gasteiger partial charge in [0.05, 0.1) is 16.8 Å². The molecule has 1 aromatic heterocycles. The van der Waals surface area contributed by atoms with Crippen molar-refractivity contribution in [2.45, 2.75) is 25.8 Å². The van der Waals surface area contributed by atoms with Gasteiger partial charge in [-0.25, -0.2) is 14.6 Å². The predicted octanol–water partition coefficient (Wildman–Crippen LogP) is 3.36. The van der Waals surface area contributed by atoms with Gasteiger partial charge in [-0.15, -0.1) is 0 Å². The van der Waals surface area contributed by atoms with E-state index in [0.29, 0.717) is 27.7 Å². The number of esters is 1. The summed E-state index contributed by atoms with van der Waals surface area (Å²) in [5, 5.41) is 5.46. The lowest BCUT2D eigenvalue weighted by Crippen LogP contribution is -2.42. The highest BCUT2D eigenvalue weighted by Gasteiger charge is 2.25. The van der Waals surface area contributed by atoms with Crippen LogP contribution in [-0.2, 0) is 9.53 Å². The van der Waals surface area contributed by atoms with Crippen LogP contribution in [-0.4, -0.2) is 35.5 Å². The second-order valence-electron chi connectivity index (χ2n) is 7.22. The summed E-state index contributed by atoms with van der Waals surface area (Å²) in [5.41, 5.74) is 3.23. The van der Waals surface area contributed by atoms with Crippen LogP contribution in [0, 0.1) is 6.92 Å². The molecule has 0 unspecified atom stereocenters. The molecule has 3 aromatic rings. The number of nitrogens with zero attached hydrogens (tertiary/aromatic N) is 1. The molecule has 1 saturated carbocycles. The first-order valence-corrected chi connectivity index (χ1v) is 9.75. The second-order valence-corrected chi connectivity index (χ2v) is 7.22. The van der Waals surface area contributed by atoms with Gasteiger partial charge in [-0.05, 0) is 31.4 Å². The quantitative estimate of drug-likeness (QED) is 0.637. The summed E-state index contributed by atoms with van der Waals surface area (Å²) >= 11 is 0. The molecule has 0 spiro atoms. The average molecular weight is 403 g/mol. The minimum absolute atomic E-state index is 0.127. The summed E-state index contributed by atoms with van der Waals surface area (Å²) in [6.45, 7) is 1.26. The van der Waals surface area contributed by atoms with E-state index in [9.17, 15) is 14.4 Å². The average Bonchev–Trinajstić information content (AvgIpc) is 3.56. The molecule has 0 saturated heterocycles. The van der Waals surface area contributed by atoms with Gasteiger partial charge in [0, 0.05) is 17.0 Å². The van der Waals surface area contributed by atoms with Gasteiger partial charge in [0.2, 0.25) is 0 Å². The van der Waals surface area contributed by atoms with Gasteiger partial charge in [0.15, 0.2) is 6.61 Å². The van der Waals surface area contributed by atoms with Crippen molar-refractivity contribution in [3.8, 4) is 11.3 Å². The molecule has 1 fully saturated rings. The third-order valence-corrected chi connectivity index (χ3v) is 4.89. The van der Waals surface area contributed by atoms with E-state index in [4.69, 9.17) is 9.72 Å². The van der Waals surface area contributed by atoms with Crippen molar-refractivity contribution < 1.29 is 19.1 Å². The lowest BCUT2D eigenvalue weighted by Gasteiger charge is -2.14. The number of benzene rings is 2. The summed E-state index contributed by atoms with van der Waals surface area (Å²) in [4.78, 5) is 41.3. The zero-order valence-corrected chi connectivity index (χ0v) is 16.5. The first-order valence-electron chi connectivity index (χ1n) is 9.75.